The van der Waals surface area contributed by atoms with Crippen LogP contribution in [0, 0.1) is 6.92 Å². The lowest BCUT2D eigenvalue weighted by atomic mass is 9.33. The minimum atomic E-state index is -0.0590. The van der Waals surface area contributed by atoms with E-state index in [4.69, 9.17) is 4.42 Å². The van der Waals surface area contributed by atoms with Gasteiger partial charge in [0, 0.05) is 55.4 Å². The lowest BCUT2D eigenvalue weighted by Crippen LogP contribution is -2.62. The van der Waals surface area contributed by atoms with Gasteiger partial charge in [-0.05, 0) is 151 Å². The quantitative estimate of drug-likeness (QED) is 0.130. The van der Waals surface area contributed by atoms with Crippen molar-refractivity contribution < 1.29 is 8.98 Å². The number of nitrogens with zero attached hydrogens (tertiary/aromatic N) is 3. The summed E-state index contributed by atoms with van der Waals surface area (Å²) >= 11 is 1.95. The first kappa shape index (κ1) is 45.6. The molecule has 0 aliphatic carbocycles. The molecule has 7 aromatic carbocycles. The molecule has 3 aliphatic heterocycles. The van der Waals surface area contributed by atoms with E-state index in [2.05, 4.69) is 251 Å². The first-order chi connectivity index (χ1) is 33.5. The Bertz CT molecular complexity index is 3700. The molecule has 9 aromatic rings. The molecule has 5 heterocycles. The molecule has 0 bridgehead atoms. The van der Waals surface area contributed by atoms with Crippen LogP contribution in [-0.2, 0) is 28.7 Å². The predicted molar refractivity (Wildman–Crippen MR) is 303 cm³/mol. The minimum absolute atomic E-state index is 0.00132. The summed E-state index contributed by atoms with van der Waals surface area (Å²) in [6.07, 6.45) is 2.11. The number of aryl methyl sites for hydroxylation is 2. The third-order valence-corrected chi connectivity index (χ3v) is 16.7. The molecular formula is C65H65BN3OS+. The fourth-order valence-corrected chi connectivity index (χ4v) is 12.6. The first-order valence-corrected chi connectivity index (χ1v) is 26.3. The fourth-order valence-electron chi connectivity index (χ4n) is 11.5. The average Bonchev–Trinajstić information content (AvgIpc) is 3.68. The van der Waals surface area contributed by atoms with E-state index >= 15 is 0 Å². The maximum absolute atomic E-state index is 7.05. The molecule has 0 N–H and O–H groups in total. The van der Waals surface area contributed by atoms with E-state index in [9.17, 15) is 0 Å². The largest absolute Gasteiger partial charge is 0.455 e. The molecule has 4 nitrogen and oxygen atoms in total. The normalized spacial score (nSPS) is 14.2. The van der Waals surface area contributed by atoms with Crippen LogP contribution < -0.4 is 30.8 Å². The van der Waals surface area contributed by atoms with Gasteiger partial charge in [-0.1, -0.05) is 149 Å². The summed E-state index contributed by atoms with van der Waals surface area (Å²) in [4.78, 5) is 7.83. The zero-order valence-electron chi connectivity index (χ0n) is 44.0. The van der Waals surface area contributed by atoms with Crippen LogP contribution in [0.25, 0.3) is 44.3 Å². The fraction of sp³-hybridized carbons (Fsp3) is 0.277. The van der Waals surface area contributed by atoms with Gasteiger partial charge in [-0.2, -0.15) is 0 Å². The molecule has 0 amide bonds. The van der Waals surface area contributed by atoms with E-state index in [1.54, 1.807) is 0 Å². The van der Waals surface area contributed by atoms with Gasteiger partial charge in [0.25, 0.3) is 6.71 Å². The van der Waals surface area contributed by atoms with Gasteiger partial charge in [-0.25, -0.2) is 4.57 Å². The topological polar surface area (TPSA) is 23.5 Å². The molecule has 6 heteroatoms. The highest BCUT2D eigenvalue weighted by Crippen LogP contribution is 2.56. The van der Waals surface area contributed by atoms with Crippen LogP contribution in [0.15, 0.2) is 154 Å². The summed E-state index contributed by atoms with van der Waals surface area (Å²) in [5.74, 6) is 0. The Kier molecular flexibility index (Phi) is 9.96. The zero-order valence-corrected chi connectivity index (χ0v) is 44.8. The summed E-state index contributed by atoms with van der Waals surface area (Å²) in [7, 11) is 2.11. The average molecular weight is 947 g/mol. The SMILES string of the molecule is Cc1ccc2c(oc3cc(-c4cc5c6c(c4)N4c7ccc(C(C)(C)C)cc7Sc7cc(C(C)(C)C)cc(c74)B6c4cc(C(C)(C)C)ccc4N5c4ccc(C(C)(C)C)cc4)ccc32)c1-c1cccc[n+]1C. The summed E-state index contributed by atoms with van der Waals surface area (Å²) in [5.41, 5.74) is 24.3. The number of rotatable bonds is 3. The Hall–Kier alpha value is -6.50. The Balaban J connectivity index is 1.17. The van der Waals surface area contributed by atoms with Crippen LogP contribution in [0.2, 0.25) is 0 Å². The van der Waals surface area contributed by atoms with Crippen LogP contribution in [0.4, 0.5) is 34.1 Å². The van der Waals surface area contributed by atoms with E-state index in [0.29, 0.717) is 0 Å². The molecule has 0 unspecified atom stereocenters. The summed E-state index contributed by atoms with van der Waals surface area (Å²) in [5, 5.41) is 2.25. The maximum Gasteiger partial charge on any atom is 0.252 e. The molecule has 12 rings (SSSR count). The van der Waals surface area contributed by atoms with Gasteiger partial charge < -0.3 is 14.2 Å². The summed E-state index contributed by atoms with van der Waals surface area (Å²) in [6, 6.07) is 51.7. The standard InChI is InChI=1S/C65H65BN3OS/c1-38-18-26-47-46-27-19-39(33-55(46)70-61(47)58(38)52-17-15-16-30-67(52)14)40-31-53-59-54(32-40)69-51-29-23-43(64(8,9)10)36-56(51)71-57-37-44(65(11,12)13)35-49(60(57)69)66(59)48-34-42(63(5,6)7)22-28-50(48)68(53)45-24-20-41(21-25-45)62(2,3)4/h15-37H,1-14H3/q+1. The van der Waals surface area contributed by atoms with Crippen LogP contribution in [-0.4, -0.2) is 6.71 Å². The molecule has 2 aromatic heterocycles. The molecular weight excluding hydrogens is 882 g/mol. The van der Waals surface area contributed by atoms with E-state index < -0.39 is 0 Å². The molecule has 0 radical (unpaired) electrons. The molecule has 3 aliphatic rings. The third kappa shape index (κ3) is 7.21. The summed E-state index contributed by atoms with van der Waals surface area (Å²) in [6.45, 7) is 30.2. The molecule has 0 saturated carbocycles. The second-order valence-electron chi connectivity index (χ2n) is 24.7. The highest BCUT2D eigenvalue weighted by atomic mass is 32.2. The number of pyridine rings is 1. The molecule has 0 atom stereocenters. The van der Waals surface area contributed by atoms with Gasteiger partial charge in [0.2, 0.25) is 5.69 Å². The predicted octanol–water partition coefficient (Wildman–Crippen LogP) is 15.8. The van der Waals surface area contributed by atoms with E-state index in [-0.39, 0.29) is 28.4 Å². The van der Waals surface area contributed by atoms with Crippen molar-refractivity contribution in [3.05, 3.63) is 167 Å². The Morgan fingerprint density at radius 2 is 1.11 bits per heavy atom. The lowest BCUT2D eigenvalue weighted by molar-refractivity contribution is -0.660. The number of fused-ring (bicyclic) bond motifs is 9. The van der Waals surface area contributed by atoms with Gasteiger partial charge in [0.15, 0.2) is 6.20 Å². The van der Waals surface area contributed by atoms with Crippen molar-refractivity contribution >= 4 is 90.9 Å². The van der Waals surface area contributed by atoms with Crippen molar-refractivity contribution in [2.45, 2.75) is 121 Å². The third-order valence-electron chi connectivity index (χ3n) is 15.6. The van der Waals surface area contributed by atoms with Crippen molar-refractivity contribution in [2.75, 3.05) is 9.80 Å². The molecule has 354 valence electrons. The van der Waals surface area contributed by atoms with Crippen molar-refractivity contribution in [2.24, 2.45) is 7.05 Å². The van der Waals surface area contributed by atoms with Crippen molar-refractivity contribution in [1.29, 1.82) is 0 Å². The van der Waals surface area contributed by atoms with Crippen molar-refractivity contribution in [3.63, 3.8) is 0 Å². The number of furan rings is 1. The highest BCUT2D eigenvalue weighted by Gasteiger charge is 2.47. The van der Waals surface area contributed by atoms with E-state index in [1.165, 1.54) is 82.4 Å². The highest BCUT2D eigenvalue weighted by molar-refractivity contribution is 7.99. The van der Waals surface area contributed by atoms with Crippen molar-refractivity contribution in [3.8, 4) is 22.4 Å². The molecule has 0 fully saturated rings. The molecule has 0 spiro atoms. The van der Waals surface area contributed by atoms with Crippen LogP contribution in [0.5, 0.6) is 0 Å². The number of hydrogen-bond acceptors (Lipinski definition) is 4. The van der Waals surface area contributed by atoms with E-state index in [0.717, 1.165) is 50.0 Å². The zero-order chi connectivity index (χ0) is 49.8. The second-order valence-corrected chi connectivity index (χ2v) is 25.8. The Labute approximate surface area is 425 Å². The first-order valence-electron chi connectivity index (χ1n) is 25.5. The number of anilines is 6. The Morgan fingerprint density at radius 3 is 1.79 bits per heavy atom. The monoisotopic (exact) mass is 946 g/mol. The molecule has 71 heavy (non-hydrogen) atoms. The number of hydrogen-bond donors (Lipinski definition) is 0. The smallest absolute Gasteiger partial charge is 0.252 e. The van der Waals surface area contributed by atoms with Crippen molar-refractivity contribution in [1.82, 2.24) is 0 Å². The summed E-state index contributed by atoms with van der Waals surface area (Å²) < 4.78 is 9.23. The lowest BCUT2D eigenvalue weighted by Gasteiger charge is -2.47. The van der Waals surface area contributed by atoms with Gasteiger partial charge in [-0.15, -0.1) is 0 Å². The van der Waals surface area contributed by atoms with Crippen LogP contribution in [0.1, 0.15) is 111 Å². The van der Waals surface area contributed by atoms with Gasteiger partial charge in [0.1, 0.15) is 18.2 Å². The van der Waals surface area contributed by atoms with Gasteiger partial charge in [0.05, 0.1) is 16.9 Å². The number of benzene rings is 7. The van der Waals surface area contributed by atoms with Crippen LogP contribution in [0.3, 0.4) is 0 Å². The molecule has 0 saturated heterocycles. The second kappa shape index (κ2) is 15.5. The van der Waals surface area contributed by atoms with Gasteiger partial charge in [-0.3, -0.25) is 0 Å². The van der Waals surface area contributed by atoms with Crippen LogP contribution >= 0.6 is 11.8 Å². The minimum Gasteiger partial charge on any atom is -0.455 e. The van der Waals surface area contributed by atoms with E-state index in [1.807, 2.05) is 11.8 Å². The Morgan fingerprint density at radius 1 is 0.507 bits per heavy atom. The van der Waals surface area contributed by atoms with Gasteiger partial charge >= 0.3 is 0 Å². The number of aromatic nitrogens is 1. The maximum atomic E-state index is 7.05.